The van der Waals surface area contributed by atoms with Gasteiger partial charge in [0.15, 0.2) is 23.0 Å². The maximum Gasteiger partial charge on any atom is 0.244 e. The lowest BCUT2D eigenvalue weighted by atomic mass is 10.0. The van der Waals surface area contributed by atoms with Crippen molar-refractivity contribution in [1.82, 2.24) is 8.87 Å². The number of rotatable bonds is 6. The maximum atomic E-state index is 14.0. The molecule has 0 N–H and O–H groups in total. The molecule has 0 radical (unpaired) electrons. The van der Waals surface area contributed by atoms with Crippen LogP contribution in [0.5, 0.6) is 28.7 Å². The summed E-state index contributed by atoms with van der Waals surface area (Å²) in [5.74, 6) is 2.33. The average Bonchev–Trinajstić information content (AvgIpc) is 3.35. The van der Waals surface area contributed by atoms with Crippen LogP contribution < -0.4 is 23.7 Å². The Kier molecular flexibility index (Phi) is 5.78. The molecule has 0 amide bonds. The lowest BCUT2D eigenvalue weighted by Gasteiger charge is -2.36. The number of fused-ring (bicyclic) bond motifs is 2. The van der Waals surface area contributed by atoms with Gasteiger partial charge < -0.3 is 28.3 Å². The first kappa shape index (κ1) is 22.4. The van der Waals surface area contributed by atoms with Gasteiger partial charge in [0.2, 0.25) is 15.8 Å². The number of hydrogen-bond acceptors (Lipinski definition) is 7. The van der Waals surface area contributed by atoms with E-state index >= 15 is 0 Å². The predicted molar refractivity (Wildman–Crippen MR) is 124 cm³/mol. The summed E-state index contributed by atoms with van der Waals surface area (Å²) in [6.45, 7) is 1.64. The molecule has 0 aliphatic carbocycles. The van der Waals surface area contributed by atoms with Crippen molar-refractivity contribution in [2.45, 2.75) is 17.5 Å². The van der Waals surface area contributed by atoms with Gasteiger partial charge in [-0.15, -0.1) is 0 Å². The fourth-order valence-corrected chi connectivity index (χ4v) is 6.13. The highest BCUT2D eigenvalue weighted by Gasteiger charge is 2.39. The number of sulfonamides is 1. The summed E-state index contributed by atoms with van der Waals surface area (Å²) in [4.78, 5) is 0.147. The Labute approximate surface area is 198 Å². The molecule has 180 valence electrons. The van der Waals surface area contributed by atoms with Gasteiger partial charge >= 0.3 is 0 Å². The van der Waals surface area contributed by atoms with E-state index in [9.17, 15) is 8.42 Å². The fraction of sp³-hybridized carbons (Fsp3) is 0.333. The van der Waals surface area contributed by atoms with E-state index in [0.29, 0.717) is 60.6 Å². The van der Waals surface area contributed by atoms with Gasteiger partial charge in [0.1, 0.15) is 13.2 Å². The van der Waals surface area contributed by atoms with Crippen LogP contribution in [0.1, 0.15) is 17.3 Å². The minimum atomic E-state index is -3.90. The highest BCUT2D eigenvalue weighted by molar-refractivity contribution is 7.89. The van der Waals surface area contributed by atoms with Crippen molar-refractivity contribution < 1.29 is 32.1 Å². The number of benzene rings is 2. The summed E-state index contributed by atoms with van der Waals surface area (Å²) in [6.07, 6.45) is 1.95. The SMILES string of the molecule is COc1cc([C@H]2c3cccn3CCN2S(=O)(=O)c2ccc3c(c2)OCCO3)cc(OC)c1OC. The second kappa shape index (κ2) is 8.77. The largest absolute Gasteiger partial charge is 0.493 e. The molecule has 2 aromatic carbocycles. The van der Waals surface area contributed by atoms with Crippen LogP contribution in [0.2, 0.25) is 0 Å². The van der Waals surface area contributed by atoms with Gasteiger partial charge in [-0.05, 0) is 42.0 Å². The third-order valence-corrected chi connectivity index (χ3v) is 7.98. The van der Waals surface area contributed by atoms with Gasteiger partial charge in [-0.3, -0.25) is 0 Å². The van der Waals surface area contributed by atoms with Crippen molar-refractivity contribution in [3.05, 3.63) is 59.9 Å². The van der Waals surface area contributed by atoms with Crippen LogP contribution in [-0.2, 0) is 16.6 Å². The molecule has 1 aromatic heterocycles. The summed E-state index contributed by atoms with van der Waals surface area (Å²) >= 11 is 0. The molecule has 5 rings (SSSR count). The fourth-order valence-electron chi connectivity index (χ4n) is 4.54. The zero-order valence-corrected chi connectivity index (χ0v) is 20.0. The third kappa shape index (κ3) is 3.63. The molecule has 10 heteroatoms. The number of methoxy groups -OCH3 is 3. The van der Waals surface area contributed by atoms with Crippen molar-refractivity contribution in [3.63, 3.8) is 0 Å². The lowest BCUT2D eigenvalue weighted by molar-refractivity contribution is 0.171. The quantitative estimate of drug-likeness (QED) is 0.529. The molecule has 0 spiro atoms. The Morgan fingerprint density at radius 1 is 0.882 bits per heavy atom. The Balaban J connectivity index is 1.64. The first-order valence-corrected chi connectivity index (χ1v) is 12.3. The van der Waals surface area contributed by atoms with Gasteiger partial charge in [0.05, 0.1) is 32.3 Å². The molecule has 0 unspecified atom stereocenters. The minimum absolute atomic E-state index is 0.147. The first-order chi connectivity index (χ1) is 16.5. The van der Waals surface area contributed by atoms with Crippen molar-refractivity contribution in [1.29, 1.82) is 0 Å². The molecule has 0 saturated carbocycles. The van der Waals surface area contributed by atoms with Gasteiger partial charge in [-0.25, -0.2) is 8.42 Å². The standard InChI is InChI=1S/C24H26N2O7S/c1-29-21-13-16(14-22(30-2)24(21)31-3)23-18-5-4-8-25(18)9-10-26(23)34(27,28)17-6-7-19-20(15-17)33-12-11-32-19/h4-8,13-15,23H,9-12H2,1-3H3/t23-/m0/s1. The van der Waals surface area contributed by atoms with Crippen LogP contribution in [0, 0.1) is 0 Å². The molecule has 1 atom stereocenters. The maximum absolute atomic E-state index is 14.0. The van der Waals surface area contributed by atoms with E-state index in [2.05, 4.69) is 4.57 Å². The van der Waals surface area contributed by atoms with Gasteiger partial charge in [0, 0.05) is 31.0 Å². The molecule has 3 aromatic rings. The highest BCUT2D eigenvalue weighted by atomic mass is 32.2. The summed E-state index contributed by atoms with van der Waals surface area (Å²) in [6, 6.07) is 11.6. The number of nitrogens with zero attached hydrogens (tertiary/aromatic N) is 2. The highest BCUT2D eigenvalue weighted by Crippen LogP contribution is 2.44. The summed E-state index contributed by atoms with van der Waals surface area (Å²) in [7, 11) is 0.708. The second-order valence-electron chi connectivity index (χ2n) is 7.91. The predicted octanol–water partition coefficient (Wildman–Crippen LogP) is 3.08. The van der Waals surface area contributed by atoms with E-state index in [0.717, 1.165) is 5.69 Å². The summed E-state index contributed by atoms with van der Waals surface area (Å²) < 4.78 is 59.2. The lowest BCUT2D eigenvalue weighted by Crippen LogP contribution is -2.42. The molecule has 2 aliphatic heterocycles. The van der Waals surface area contributed by atoms with Crippen molar-refractivity contribution in [2.75, 3.05) is 41.1 Å². The first-order valence-electron chi connectivity index (χ1n) is 10.8. The van der Waals surface area contributed by atoms with Crippen LogP contribution in [0.25, 0.3) is 0 Å². The molecule has 2 aliphatic rings. The Bertz CT molecular complexity index is 1290. The monoisotopic (exact) mass is 486 g/mol. The smallest absolute Gasteiger partial charge is 0.244 e. The molecular weight excluding hydrogens is 460 g/mol. The topological polar surface area (TPSA) is 88.5 Å². The van der Waals surface area contributed by atoms with Crippen LogP contribution in [0.3, 0.4) is 0 Å². The van der Waals surface area contributed by atoms with Gasteiger partial charge in [0.25, 0.3) is 0 Å². The van der Waals surface area contributed by atoms with Gasteiger partial charge in [-0.2, -0.15) is 4.31 Å². The van der Waals surface area contributed by atoms with Crippen molar-refractivity contribution in [2.24, 2.45) is 0 Å². The number of ether oxygens (including phenoxy) is 5. The Morgan fingerprint density at radius 3 is 2.26 bits per heavy atom. The van der Waals surface area contributed by atoms with E-state index < -0.39 is 16.1 Å². The van der Waals surface area contributed by atoms with Crippen molar-refractivity contribution in [3.8, 4) is 28.7 Å². The van der Waals surface area contributed by atoms with E-state index in [1.165, 1.54) is 31.7 Å². The number of hydrogen-bond donors (Lipinski definition) is 0. The van der Waals surface area contributed by atoms with Crippen LogP contribution in [-0.4, -0.2) is 58.4 Å². The number of aromatic nitrogens is 1. The molecule has 3 heterocycles. The van der Waals surface area contributed by atoms with E-state index in [4.69, 9.17) is 23.7 Å². The van der Waals surface area contributed by atoms with E-state index in [1.54, 1.807) is 24.3 Å². The zero-order chi connectivity index (χ0) is 23.9. The molecule has 9 nitrogen and oxygen atoms in total. The molecular formula is C24H26N2O7S. The summed E-state index contributed by atoms with van der Waals surface area (Å²) in [5.41, 5.74) is 1.55. The van der Waals surface area contributed by atoms with Crippen molar-refractivity contribution >= 4 is 10.0 Å². The normalized spacial score (nSPS) is 17.7. The molecule has 0 fully saturated rings. The van der Waals surface area contributed by atoms with Crippen LogP contribution in [0.4, 0.5) is 0 Å². The Hall–Kier alpha value is -3.37. The van der Waals surface area contributed by atoms with Crippen LogP contribution >= 0.6 is 0 Å². The zero-order valence-electron chi connectivity index (χ0n) is 19.2. The van der Waals surface area contributed by atoms with E-state index in [-0.39, 0.29) is 4.90 Å². The summed E-state index contributed by atoms with van der Waals surface area (Å²) in [5, 5.41) is 0. The molecule has 0 bridgehead atoms. The molecule has 34 heavy (non-hydrogen) atoms. The van der Waals surface area contributed by atoms with E-state index in [1.807, 2.05) is 18.3 Å². The molecule has 0 saturated heterocycles. The minimum Gasteiger partial charge on any atom is -0.493 e. The Morgan fingerprint density at radius 2 is 1.59 bits per heavy atom. The van der Waals surface area contributed by atoms with Crippen LogP contribution in [0.15, 0.2) is 53.6 Å². The average molecular weight is 487 g/mol. The third-order valence-electron chi connectivity index (χ3n) is 6.12. The van der Waals surface area contributed by atoms with Gasteiger partial charge in [-0.1, -0.05) is 0 Å². The second-order valence-corrected chi connectivity index (χ2v) is 9.80.